The molecule has 1 saturated carbocycles. The lowest BCUT2D eigenvalue weighted by Gasteiger charge is -2.19. The molecule has 0 saturated heterocycles. The summed E-state index contributed by atoms with van der Waals surface area (Å²) in [5.41, 5.74) is 5.95. The van der Waals surface area contributed by atoms with E-state index in [0.717, 1.165) is 17.3 Å². The highest BCUT2D eigenvalue weighted by molar-refractivity contribution is 9.10. The van der Waals surface area contributed by atoms with Crippen molar-refractivity contribution >= 4 is 21.7 Å². The number of nitrogens with two attached hydrogens (primary N) is 1. The lowest BCUT2D eigenvalue weighted by atomic mass is 10.1. The van der Waals surface area contributed by atoms with E-state index in [0.29, 0.717) is 17.1 Å². The Kier molecular flexibility index (Phi) is 4.82. The number of ether oxygens (including phenoxy) is 2. The van der Waals surface area contributed by atoms with Gasteiger partial charge in [-0.2, -0.15) is 0 Å². The number of methoxy groups -OCH3 is 1. The molecule has 0 aromatic heterocycles. The molecule has 104 valence electrons. The van der Waals surface area contributed by atoms with Gasteiger partial charge in [-0.05, 0) is 37.8 Å². The molecule has 0 atom stereocenters. The minimum absolute atomic E-state index is 0.0410. The Morgan fingerprint density at radius 2 is 2.11 bits per heavy atom. The highest BCUT2D eigenvalue weighted by atomic mass is 79.9. The average molecular weight is 328 g/mol. The summed E-state index contributed by atoms with van der Waals surface area (Å²) in [4.78, 5) is 11.9. The standard InChI is InChI=1S/C14H18BrNO3/c1-18-13-7-9(15)6-11(12(17)8-16)14(13)19-10-4-2-3-5-10/h6-7,10H,2-5,8,16H2,1H3. The molecule has 2 rings (SSSR count). The van der Waals surface area contributed by atoms with Crippen molar-refractivity contribution in [1.29, 1.82) is 0 Å². The number of carbonyl (C=O) groups excluding carboxylic acids is 1. The second-order valence-electron chi connectivity index (χ2n) is 4.64. The van der Waals surface area contributed by atoms with Gasteiger partial charge in [-0.1, -0.05) is 15.9 Å². The molecule has 5 heteroatoms. The molecule has 0 radical (unpaired) electrons. The summed E-state index contributed by atoms with van der Waals surface area (Å²) in [6.45, 7) is -0.0410. The highest BCUT2D eigenvalue weighted by Gasteiger charge is 2.23. The summed E-state index contributed by atoms with van der Waals surface area (Å²) in [6.07, 6.45) is 4.55. The van der Waals surface area contributed by atoms with Crippen LogP contribution in [0.25, 0.3) is 0 Å². The lowest BCUT2D eigenvalue weighted by Crippen LogP contribution is -2.18. The molecule has 2 N–H and O–H groups in total. The third-order valence-corrected chi connectivity index (χ3v) is 3.77. The van der Waals surface area contributed by atoms with Gasteiger partial charge in [0.05, 0.1) is 25.3 Å². The van der Waals surface area contributed by atoms with Gasteiger partial charge in [-0.15, -0.1) is 0 Å². The number of ketones is 1. The largest absolute Gasteiger partial charge is 0.493 e. The summed E-state index contributed by atoms with van der Waals surface area (Å²) in [6, 6.07) is 3.54. The Morgan fingerprint density at radius 3 is 2.68 bits per heavy atom. The van der Waals surface area contributed by atoms with Crippen molar-refractivity contribution in [1.82, 2.24) is 0 Å². The predicted octanol–water partition coefficient (Wildman–Crippen LogP) is 2.92. The van der Waals surface area contributed by atoms with Crippen LogP contribution < -0.4 is 15.2 Å². The van der Waals surface area contributed by atoms with E-state index in [4.69, 9.17) is 15.2 Å². The SMILES string of the molecule is COc1cc(Br)cc(C(=O)CN)c1OC1CCCC1. The smallest absolute Gasteiger partial charge is 0.180 e. The fraction of sp³-hybridized carbons (Fsp3) is 0.500. The van der Waals surface area contributed by atoms with Crippen LogP contribution in [0.4, 0.5) is 0 Å². The van der Waals surface area contributed by atoms with E-state index < -0.39 is 0 Å². The molecule has 0 amide bonds. The van der Waals surface area contributed by atoms with Crippen LogP contribution in [0, 0.1) is 0 Å². The maximum Gasteiger partial charge on any atom is 0.180 e. The minimum Gasteiger partial charge on any atom is -0.493 e. The quantitative estimate of drug-likeness (QED) is 0.844. The first-order chi connectivity index (χ1) is 9.15. The van der Waals surface area contributed by atoms with Crippen molar-refractivity contribution in [3.05, 3.63) is 22.2 Å². The van der Waals surface area contributed by atoms with E-state index in [2.05, 4.69) is 15.9 Å². The number of halogens is 1. The van der Waals surface area contributed by atoms with Gasteiger partial charge in [0, 0.05) is 4.47 Å². The Hall–Kier alpha value is -1.07. The molecule has 0 bridgehead atoms. The molecule has 1 aromatic carbocycles. The van der Waals surface area contributed by atoms with Crippen LogP contribution >= 0.6 is 15.9 Å². The first kappa shape index (κ1) is 14.3. The summed E-state index contributed by atoms with van der Waals surface area (Å²) >= 11 is 3.37. The third-order valence-electron chi connectivity index (χ3n) is 3.31. The van der Waals surface area contributed by atoms with Crippen molar-refractivity contribution in [2.75, 3.05) is 13.7 Å². The Labute approximate surface area is 121 Å². The first-order valence-electron chi connectivity index (χ1n) is 6.43. The lowest BCUT2D eigenvalue weighted by molar-refractivity contribution is 0.0992. The zero-order valence-corrected chi connectivity index (χ0v) is 12.5. The number of hydrogen-bond acceptors (Lipinski definition) is 4. The molecular weight excluding hydrogens is 310 g/mol. The minimum atomic E-state index is -0.146. The molecule has 1 fully saturated rings. The van der Waals surface area contributed by atoms with Crippen molar-refractivity contribution in [3.63, 3.8) is 0 Å². The van der Waals surface area contributed by atoms with Crippen molar-refractivity contribution < 1.29 is 14.3 Å². The molecule has 0 heterocycles. The van der Waals surface area contributed by atoms with Gasteiger partial charge in [-0.25, -0.2) is 0 Å². The number of rotatable bonds is 5. The zero-order chi connectivity index (χ0) is 13.8. The molecule has 0 unspecified atom stereocenters. The van der Waals surface area contributed by atoms with Gasteiger partial charge in [0.1, 0.15) is 0 Å². The van der Waals surface area contributed by atoms with E-state index in [9.17, 15) is 4.79 Å². The van der Waals surface area contributed by atoms with Crippen LogP contribution in [0.2, 0.25) is 0 Å². The number of hydrogen-bond donors (Lipinski definition) is 1. The molecule has 1 aromatic rings. The maximum atomic E-state index is 11.9. The molecule has 19 heavy (non-hydrogen) atoms. The predicted molar refractivity (Wildman–Crippen MR) is 77.0 cm³/mol. The summed E-state index contributed by atoms with van der Waals surface area (Å²) in [7, 11) is 1.57. The second kappa shape index (κ2) is 6.39. The summed E-state index contributed by atoms with van der Waals surface area (Å²) in [5, 5.41) is 0. The molecular formula is C14H18BrNO3. The van der Waals surface area contributed by atoms with Crippen LogP contribution in [-0.2, 0) is 0 Å². The van der Waals surface area contributed by atoms with Gasteiger partial charge in [0.2, 0.25) is 0 Å². The van der Waals surface area contributed by atoms with Crippen molar-refractivity contribution in [3.8, 4) is 11.5 Å². The van der Waals surface area contributed by atoms with Crippen molar-refractivity contribution in [2.24, 2.45) is 5.73 Å². The molecule has 0 aliphatic heterocycles. The zero-order valence-electron chi connectivity index (χ0n) is 10.9. The van der Waals surface area contributed by atoms with Gasteiger partial charge in [0.15, 0.2) is 17.3 Å². The van der Waals surface area contributed by atoms with E-state index >= 15 is 0 Å². The highest BCUT2D eigenvalue weighted by Crippen LogP contribution is 2.37. The van der Waals surface area contributed by atoms with Crippen LogP contribution in [0.15, 0.2) is 16.6 Å². The fourth-order valence-electron chi connectivity index (χ4n) is 2.33. The van der Waals surface area contributed by atoms with Crippen LogP contribution in [0.1, 0.15) is 36.0 Å². The van der Waals surface area contributed by atoms with E-state index in [1.54, 1.807) is 19.2 Å². The normalized spacial score (nSPS) is 15.5. The second-order valence-corrected chi connectivity index (χ2v) is 5.55. The van der Waals surface area contributed by atoms with Crippen LogP contribution in [0.5, 0.6) is 11.5 Å². The number of Topliss-reactive ketones (excluding diaryl/α,β-unsaturated/α-hetero) is 1. The van der Waals surface area contributed by atoms with Gasteiger partial charge in [0.25, 0.3) is 0 Å². The summed E-state index contributed by atoms with van der Waals surface area (Å²) < 4.78 is 12.1. The average Bonchev–Trinajstić information content (AvgIpc) is 2.92. The van der Waals surface area contributed by atoms with Gasteiger partial charge >= 0.3 is 0 Å². The Balaban J connectivity index is 2.38. The Bertz CT molecular complexity index is 470. The maximum absolute atomic E-state index is 11.9. The number of carbonyl (C=O) groups is 1. The van der Waals surface area contributed by atoms with E-state index in [-0.39, 0.29) is 18.4 Å². The summed E-state index contributed by atoms with van der Waals surface area (Å²) in [5.74, 6) is 0.943. The molecule has 0 spiro atoms. The van der Waals surface area contributed by atoms with E-state index in [1.807, 2.05) is 0 Å². The Morgan fingerprint density at radius 1 is 1.42 bits per heavy atom. The monoisotopic (exact) mass is 327 g/mol. The van der Waals surface area contributed by atoms with Gasteiger partial charge in [-0.3, -0.25) is 4.79 Å². The molecule has 1 aliphatic rings. The topological polar surface area (TPSA) is 61.5 Å². The third kappa shape index (κ3) is 3.28. The first-order valence-corrected chi connectivity index (χ1v) is 7.22. The van der Waals surface area contributed by atoms with Crippen LogP contribution in [-0.4, -0.2) is 25.5 Å². The van der Waals surface area contributed by atoms with E-state index in [1.165, 1.54) is 12.8 Å². The van der Waals surface area contributed by atoms with Gasteiger partial charge < -0.3 is 15.2 Å². The van der Waals surface area contributed by atoms with Crippen LogP contribution in [0.3, 0.4) is 0 Å². The van der Waals surface area contributed by atoms with Crippen molar-refractivity contribution in [2.45, 2.75) is 31.8 Å². The molecule has 1 aliphatic carbocycles. The molecule has 4 nitrogen and oxygen atoms in total. The number of benzene rings is 1. The fourth-order valence-corrected chi connectivity index (χ4v) is 2.77.